The van der Waals surface area contributed by atoms with Crippen LogP contribution in [0.25, 0.3) is 10.2 Å². The molecule has 0 unspecified atom stereocenters. The zero-order valence-corrected chi connectivity index (χ0v) is 15.8. The average molecular weight is 374 g/mol. The standard InChI is InChI=1S/C18H18N2O3S2/c1-11-4-6-12(7-5-11)24-10-15(21)19-18-20-16-13(22-2)8-9-14(23-3)17(16)25-18/h4-9H,10H2,1-3H3,(H,19,20,21). The fraction of sp³-hybridized carbons (Fsp3) is 0.222. The molecule has 0 bridgehead atoms. The molecule has 2 aromatic carbocycles. The predicted octanol–water partition coefficient (Wildman–Crippen LogP) is 4.35. The minimum absolute atomic E-state index is 0.0948. The second kappa shape index (κ2) is 7.76. The molecule has 3 aromatic rings. The molecule has 0 aliphatic rings. The van der Waals surface area contributed by atoms with Crippen molar-refractivity contribution in [2.45, 2.75) is 11.8 Å². The highest BCUT2D eigenvalue weighted by Crippen LogP contribution is 2.38. The van der Waals surface area contributed by atoms with Crippen LogP contribution < -0.4 is 14.8 Å². The molecular weight excluding hydrogens is 356 g/mol. The van der Waals surface area contributed by atoms with Gasteiger partial charge in [-0.05, 0) is 31.2 Å². The van der Waals surface area contributed by atoms with Gasteiger partial charge in [0.1, 0.15) is 21.7 Å². The maximum absolute atomic E-state index is 12.2. The van der Waals surface area contributed by atoms with E-state index in [1.807, 2.05) is 37.3 Å². The lowest BCUT2D eigenvalue weighted by molar-refractivity contribution is -0.113. The number of hydrogen-bond donors (Lipinski definition) is 1. The SMILES string of the molecule is COc1ccc(OC)c2sc(NC(=O)CSc3ccc(C)cc3)nc12. The smallest absolute Gasteiger partial charge is 0.236 e. The van der Waals surface area contributed by atoms with Gasteiger partial charge in [0.05, 0.1) is 20.0 Å². The topological polar surface area (TPSA) is 60.5 Å². The van der Waals surface area contributed by atoms with E-state index in [1.54, 1.807) is 20.3 Å². The van der Waals surface area contributed by atoms with Gasteiger partial charge >= 0.3 is 0 Å². The summed E-state index contributed by atoms with van der Waals surface area (Å²) < 4.78 is 11.5. The molecule has 0 aliphatic carbocycles. The number of anilines is 1. The second-order valence-corrected chi connectivity index (χ2v) is 7.36. The number of benzene rings is 2. The molecule has 0 saturated carbocycles. The third-order valence-electron chi connectivity index (χ3n) is 3.55. The van der Waals surface area contributed by atoms with Gasteiger partial charge in [0, 0.05) is 4.90 Å². The Morgan fingerprint density at radius 3 is 2.48 bits per heavy atom. The van der Waals surface area contributed by atoms with Crippen LogP contribution in [0.4, 0.5) is 5.13 Å². The van der Waals surface area contributed by atoms with Crippen molar-refractivity contribution >= 4 is 44.4 Å². The lowest BCUT2D eigenvalue weighted by Crippen LogP contribution is -2.13. The molecule has 0 atom stereocenters. The molecule has 0 saturated heterocycles. The van der Waals surface area contributed by atoms with Crippen LogP contribution in [0.15, 0.2) is 41.3 Å². The quantitative estimate of drug-likeness (QED) is 0.650. The lowest BCUT2D eigenvalue weighted by atomic mass is 10.2. The Morgan fingerprint density at radius 2 is 1.80 bits per heavy atom. The zero-order valence-electron chi connectivity index (χ0n) is 14.2. The van der Waals surface area contributed by atoms with Crippen molar-refractivity contribution in [3.63, 3.8) is 0 Å². The molecule has 1 heterocycles. The normalized spacial score (nSPS) is 10.7. The molecule has 3 rings (SSSR count). The van der Waals surface area contributed by atoms with Gasteiger partial charge < -0.3 is 14.8 Å². The second-order valence-electron chi connectivity index (χ2n) is 5.32. The lowest BCUT2D eigenvalue weighted by Gasteiger charge is -2.03. The number of aryl methyl sites for hydroxylation is 1. The first-order chi connectivity index (χ1) is 12.1. The van der Waals surface area contributed by atoms with E-state index >= 15 is 0 Å². The van der Waals surface area contributed by atoms with Gasteiger partial charge in [0.15, 0.2) is 5.13 Å². The van der Waals surface area contributed by atoms with Gasteiger partial charge in [-0.3, -0.25) is 4.79 Å². The van der Waals surface area contributed by atoms with Crippen LogP contribution >= 0.6 is 23.1 Å². The van der Waals surface area contributed by atoms with Crippen molar-refractivity contribution in [3.8, 4) is 11.5 Å². The summed E-state index contributed by atoms with van der Waals surface area (Å²) in [4.78, 5) is 17.7. The first kappa shape index (κ1) is 17.6. The van der Waals surface area contributed by atoms with Crippen LogP contribution in [0.3, 0.4) is 0 Å². The number of carbonyl (C=O) groups is 1. The van der Waals surface area contributed by atoms with Crippen molar-refractivity contribution in [2.24, 2.45) is 0 Å². The number of amides is 1. The fourth-order valence-electron chi connectivity index (χ4n) is 2.28. The highest BCUT2D eigenvalue weighted by Gasteiger charge is 2.15. The van der Waals surface area contributed by atoms with Crippen molar-refractivity contribution in [1.82, 2.24) is 4.98 Å². The molecule has 0 radical (unpaired) electrons. The van der Waals surface area contributed by atoms with E-state index in [0.717, 1.165) is 9.60 Å². The van der Waals surface area contributed by atoms with Crippen molar-refractivity contribution in [3.05, 3.63) is 42.0 Å². The number of thiazole rings is 1. The summed E-state index contributed by atoms with van der Waals surface area (Å²) in [6.07, 6.45) is 0. The summed E-state index contributed by atoms with van der Waals surface area (Å²) in [5, 5.41) is 3.39. The van der Waals surface area contributed by atoms with Crippen LogP contribution in [0.5, 0.6) is 11.5 Å². The average Bonchev–Trinajstić information content (AvgIpc) is 3.03. The summed E-state index contributed by atoms with van der Waals surface area (Å²) in [5.74, 6) is 1.60. The van der Waals surface area contributed by atoms with Gasteiger partial charge in [-0.1, -0.05) is 29.0 Å². The Labute approximate surface area is 154 Å². The third-order valence-corrected chi connectivity index (χ3v) is 5.54. The van der Waals surface area contributed by atoms with E-state index in [4.69, 9.17) is 9.47 Å². The van der Waals surface area contributed by atoms with Gasteiger partial charge in [-0.15, -0.1) is 11.8 Å². The molecule has 1 amide bonds. The monoisotopic (exact) mass is 374 g/mol. The van der Waals surface area contributed by atoms with Crippen LogP contribution in [0.1, 0.15) is 5.56 Å². The molecule has 0 spiro atoms. The fourth-order valence-corrected chi connectivity index (χ4v) is 3.97. The molecule has 1 N–H and O–H groups in total. The van der Waals surface area contributed by atoms with E-state index in [9.17, 15) is 4.79 Å². The van der Waals surface area contributed by atoms with Crippen molar-refractivity contribution in [1.29, 1.82) is 0 Å². The molecule has 0 fully saturated rings. The molecule has 25 heavy (non-hydrogen) atoms. The first-order valence-corrected chi connectivity index (χ1v) is 9.41. The number of hydrogen-bond acceptors (Lipinski definition) is 6. The maximum Gasteiger partial charge on any atom is 0.236 e. The van der Waals surface area contributed by atoms with E-state index in [2.05, 4.69) is 10.3 Å². The summed E-state index contributed by atoms with van der Waals surface area (Å²) in [7, 11) is 3.20. The first-order valence-electron chi connectivity index (χ1n) is 7.61. The zero-order chi connectivity index (χ0) is 17.8. The third kappa shape index (κ3) is 4.05. The number of nitrogens with one attached hydrogen (secondary N) is 1. The molecule has 7 heteroatoms. The predicted molar refractivity (Wildman–Crippen MR) is 103 cm³/mol. The van der Waals surface area contributed by atoms with E-state index in [1.165, 1.54) is 28.7 Å². The Bertz CT molecular complexity index is 850. The van der Waals surface area contributed by atoms with E-state index < -0.39 is 0 Å². The molecule has 0 aliphatic heterocycles. The number of carbonyl (C=O) groups excluding carboxylic acids is 1. The van der Waals surface area contributed by atoms with Crippen LogP contribution in [0, 0.1) is 6.92 Å². The van der Waals surface area contributed by atoms with Gasteiger partial charge in [-0.2, -0.15) is 0 Å². The highest BCUT2D eigenvalue weighted by molar-refractivity contribution is 8.00. The number of methoxy groups -OCH3 is 2. The molecule has 130 valence electrons. The molecule has 1 aromatic heterocycles. The number of ether oxygens (including phenoxy) is 2. The van der Waals surface area contributed by atoms with Gasteiger partial charge in [0.25, 0.3) is 0 Å². The number of aromatic nitrogens is 1. The van der Waals surface area contributed by atoms with Crippen molar-refractivity contribution in [2.75, 3.05) is 25.3 Å². The number of nitrogens with zero attached hydrogens (tertiary/aromatic N) is 1. The van der Waals surface area contributed by atoms with Gasteiger partial charge in [0.2, 0.25) is 5.91 Å². The molecular formula is C18H18N2O3S2. The Kier molecular flexibility index (Phi) is 5.45. The maximum atomic E-state index is 12.2. The summed E-state index contributed by atoms with van der Waals surface area (Å²) in [6.45, 7) is 2.04. The van der Waals surface area contributed by atoms with Gasteiger partial charge in [-0.25, -0.2) is 4.98 Å². The van der Waals surface area contributed by atoms with E-state index in [0.29, 0.717) is 27.9 Å². The van der Waals surface area contributed by atoms with Crippen molar-refractivity contribution < 1.29 is 14.3 Å². The Hall–Kier alpha value is -2.25. The highest BCUT2D eigenvalue weighted by atomic mass is 32.2. The van der Waals surface area contributed by atoms with E-state index in [-0.39, 0.29) is 5.91 Å². The summed E-state index contributed by atoms with van der Waals surface area (Å²) >= 11 is 2.87. The Balaban J connectivity index is 1.71. The largest absolute Gasteiger partial charge is 0.495 e. The minimum Gasteiger partial charge on any atom is -0.495 e. The van der Waals surface area contributed by atoms with Crippen LogP contribution in [-0.2, 0) is 4.79 Å². The number of fused-ring (bicyclic) bond motifs is 1. The summed E-state index contributed by atoms with van der Waals surface area (Å²) in [6, 6.07) is 11.7. The number of thioether (sulfide) groups is 1. The Morgan fingerprint density at radius 1 is 1.12 bits per heavy atom. The summed E-state index contributed by atoms with van der Waals surface area (Å²) in [5.41, 5.74) is 1.89. The minimum atomic E-state index is -0.0948. The molecule has 5 nitrogen and oxygen atoms in total. The number of rotatable bonds is 6. The van der Waals surface area contributed by atoms with Crippen LogP contribution in [-0.4, -0.2) is 30.9 Å². The van der Waals surface area contributed by atoms with Crippen LogP contribution in [0.2, 0.25) is 0 Å².